The lowest BCUT2D eigenvalue weighted by atomic mass is 10.1. The van der Waals surface area contributed by atoms with Crippen LogP contribution in [0.25, 0.3) is 0 Å². The van der Waals surface area contributed by atoms with Crippen molar-refractivity contribution in [1.82, 2.24) is 0 Å². The van der Waals surface area contributed by atoms with Crippen molar-refractivity contribution in [2.75, 3.05) is 17.8 Å². The van der Waals surface area contributed by atoms with Crippen LogP contribution < -0.4 is 5.73 Å². The third-order valence-corrected chi connectivity index (χ3v) is 5.47. The number of rotatable bonds is 6. The molecule has 2 atom stereocenters. The molecule has 2 unspecified atom stereocenters. The first kappa shape index (κ1) is 15.8. The molecule has 102 valence electrons. The minimum atomic E-state index is -2.93. The zero-order valence-corrected chi connectivity index (χ0v) is 12.9. The van der Waals surface area contributed by atoms with Crippen LogP contribution in [0.1, 0.15) is 17.7 Å². The zero-order chi connectivity index (χ0) is 13.8. The molecule has 0 aliphatic rings. The first-order chi connectivity index (χ1) is 8.31. The molecule has 0 fully saturated rings. The van der Waals surface area contributed by atoms with Gasteiger partial charge in [0.1, 0.15) is 9.84 Å². The van der Waals surface area contributed by atoms with E-state index in [9.17, 15) is 8.42 Å². The van der Waals surface area contributed by atoms with E-state index in [1.165, 1.54) is 18.0 Å². The number of nitrogens with two attached hydrogens (primary N) is 1. The Morgan fingerprint density at radius 1 is 1.39 bits per heavy atom. The van der Waals surface area contributed by atoms with Gasteiger partial charge in [0, 0.05) is 28.3 Å². The van der Waals surface area contributed by atoms with Gasteiger partial charge in [-0.1, -0.05) is 29.8 Å². The van der Waals surface area contributed by atoms with Crippen molar-refractivity contribution in [2.24, 2.45) is 5.73 Å². The molecule has 3 nitrogen and oxygen atoms in total. The summed E-state index contributed by atoms with van der Waals surface area (Å²) in [7, 11) is -2.93. The van der Waals surface area contributed by atoms with E-state index in [0.29, 0.717) is 10.8 Å². The van der Waals surface area contributed by atoms with E-state index in [2.05, 4.69) is 0 Å². The second-order valence-corrected chi connectivity index (χ2v) is 8.22. The summed E-state index contributed by atoms with van der Waals surface area (Å²) in [6.45, 7) is 1.90. The Kier molecular flexibility index (Phi) is 5.98. The van der Waals surface area contributed by atoms with Crippen molar-refractivity contribution in [3.05, 3.63) is 34.9 Å². The van der Waals surface area contributed by atoms with E-state index < -0.39 is 9.84 Å². The van der Waals surface area contributed by atoms with E-state index in [1.807, 2.05) is 31.2 Å². The third kappa shape index (κ3) is 5.18. The smallest absolute Gasteiger partial charge is 0.148 e. The van der Waals surface area contributed by atoms with E-state index >= 15 is 0 Å². The quantitative estimate of drug-likeness (QED) is 0.877. The lowest BCUT2D eigenvalue weighted by Crippen LogP contribution is -2.23. The fourth-order valence-electron chi connectivity index (χ4n) is 1.56. The summed E-state index contributed by atoms with van der Waals surface area (Å²) in [5, 5.41) is 0.687. The lowest BCUT2D eigenvalue weighted by molar-refractivity contribution is 0.603. The summed E-state index contributed by atoms with van der Waals surface area (Å²) in [4.78, 5) is 0. The van der Waals surface area contributed by atoms with Crippen molar-refractivity contribution in [3.8, 4) is 0 Å². The number of benzene rings is 1. The average Bonchev–Trinajstić information content (AvgIpc) is 2.24. The summed E-state index contributed by atoms with van der Waals surface area (Å²) < 4.78 is 22.2. The number of thioether (sulfide) groups is 1. The van der Waals surface area contributed by atoms with Crippen molar-refractivity contribution in [2.45, 2.75) is 18.2 Å². The standard InChI is InChI=1S/C12H18ClNO2S2/c1-9(14)12(17-7-8-18(2,15)16)10-5-3-4-6-11(10)13/h3-6,9,12H,7-8,14H2,1-2H3. The summed E-state index contributed by atoms with van der Waals surface area (Å²) in [5.41, 5.74) is 6.92. The topological polar surface area (TPSA) is 60.2 Å². The first-order valence-corrected chi connectivity index (χ1v) is 9.09. The number of hydrogen-bond donors (Lipinski definition) is 1. The predicted octanol–water partition coefficient (Wildman–Crippen LogP) is 2.51. The monoisotopic (exact) mass is 307 g/mol. The van der Waals surface area contributed by atoms with Crippen LogP contribution in [0, 0.1) is 0 Å². The van der Waals surface area contributed by atoms with E-state index in [4.69, 9.17) is 17.3 Å². The minimum absolute atomic E-state index is 0.0143. The van der Waals surface area contributed by atoms with E-state index in [0.717, 1.165) is 5.56 Å². The van der Waals surface area contributed by atoms with Crippen LogP contribution in [0.5, 0.6) is 0 Å². The summed E-state index contributed by atoms with van der Waals surface area (Å²) >= 11 is 7.68. The minimum Gasteiger partial charge on any atom is -0.327 e. The van der Waals surface area contributed by atoms with Gasteiger partial charge in [-0.2, -0.15) is 11.8 Å². The van der Waals surface area contributed by atoms with Gasteiger partial charge in [-0.3, -0.25) is 0 Å². The largest absolute Gasteiger partial charge is 0.327 e. The average molecular weight is 308 g/mol. The molecule has 0 amide bonds. The summed E-state index contributed by atoms with van der Waals surface area (Å²) in [6, 6.07) is 7.45. The molecule has 0 spiro atoms. The Labute approximate surface area is 118 Å². The highest BCUT2D eigenvalue weighted by atomic mass is 35.5. The second kappa shape index (κ2) is 6.80. The van der Waals surface area contributed by atoms with Crippen LogP contribution >= 0.6 is 23.4 Å². The maximum atomic E-state index is 11.1. The third-order valence-electron chi connectivity index (χ3n) is 2.44. The fourth-order valence-corrected chi connectivity index (χ4v) is 4.41. The second-order valence-electron chi connectivity index (χ2n) is 4.30. The van der Waals surface area contributed by atoms with Crippen LogP contribution in [0.3, 0.4) is 0 Å². The molecule has 0 saturated carbocycles. The van der Waals surface area contributed by atoms with Gasteiger partial charge in [-0.25, -0.2) is 8.42 Å². The van der Waals surface area contributed by atoms with Crippen molar-refractivity contribution in [3.63, 3.8) is 0 Å². The maximum Gasteiger partial charge on any atom is 0.148 e. The molecule has 18 heavy (non-hydrogen) atoms. The van der Waals surface area contributed by atoms with Gasteiger partial charge in [0.05, 0.1) is 5.75 Å². The Hall–Kier alpha value is -0.230. The molecule has 0 aliphatic carbocycles. The normalized spacial score (nSPS) is 15.3. The Bertz CT molecular complexity index is 489. The molecule has 0 bridgehead atoms. The van der Waals surface area contributed by atoms with Gasteiger partial charge >= 0.3 is 0 Å². The van der Waals surface area contributed by atoms with Crippen molar-refractivity contribution >= 4 is 33.2 Å². The SMILES string of the molecule is CC(N)C(SCCS(C)(=O)=O)c1ccccc1Cl. The molecule has 0 radical (unpaired) electrons. The molecule has 0 aromatic heterocycles. The van der Waals surface area contributed by atoms with Gasteiger partial charge in [-0.05, 0) is 18.6 Å². The lowest BCUT2D eigenvalue weighted by Gasteiger charge is -2.21. The summed E-state index contributed by atoms with van der Waals surface area (Å²) in [6.07, 6.45) is 1.24. The maximum absolute atomic E-state index is 11.1. The highest BCUT2D eigenvalue weighted by Crippen LogP contribution is 2.35. The van der Waals surface area contributed by atoms with Gasteiger partial charge < -0.3 is 5.73 Å². The molecule has 0 heterocycles. The van der Waals surface area contributed by atoms with Gasteiger partial charge in [0.25, 0.3) is 0 Å². The van der Waals surface area contributed by atoms with Crippen molar-refractivity contribution in [1.29, 1.82) is 0 Å². The highest BCUT2D eigenvalue weighted by Gasteiger charge is 2.19. The van der Waals surface area contributed by atoms with E-state index in [1.54, 1.807) is 0 Å². The Balaban J connectivity index is 2.76. The molecule has 1 rings (SSSR count). The highest BCUT2D eigenvalue weighted by molar-refractivity contribution is 8.00. The van der Waals surface area contributed by atoms with Gasteiger partial charge in [0.2, 0.25) is 0 Å². The van der Waals surface area contributed by atoms with Crippen LogP contribution in [0.4, 0.5) is 0 Å². The molecule has 0 aliphatic heterocycles. The number of halogens is 1. The van der Waals surface area contributed by atoms with E-state index in [-0.39, 0.29) is 17.0 Å². The number of hydrogen-bond acceptors (Lipinski definition) is 4. The zero-order valence-electron chi connectivity index (χ0n) is 10.5. The predicted molar refractivity (Wildman–Crippen MR) is 80.0 cm³/mol. The van der Waals surface area contributed by atoms with Crippen LogP contribution in [-0.2, 0) is 9.84 Å². The summed E-state index contributed by atoms with van der Waals surface area (Å²) in [5.74, 6) is 0.682. The van der Waals surface area contributed by atoms with Gasteiger partial charge in [-0.15, -0.1) is 0 Å². The number of sulfone groups is 1. The molecule has 1 aromatic rings. The van der Waals surface area contributed by atoms with Crippen LogP contribution in [0.2, 0.25) is 5.02 Å². The molecule has 0 saturated heterocycles. The molecular formula is C12H18ClNO2S2. The Morgan fingerprint density at radius 3 is 2.50 bits per heavy atom. The van der Waals surface area contributed by atoms with Crippen LogP contribution in [0.15, 0.2) is 24.3 Å². The fraction of sp³-hybridized carbons (Fsp3) is 0.500. The van der Waals surface area contributed by atoms with Crippen molar-refractivity contribution < 1.29 is 8.42 Å². The molecule has 6 heteroatoms. The van der Waals surface area contributed by atoms with Crippen LogP contribution in [-0.4, -0.2) is 32.2 Å². The molecule has 2 N–H and O–H groups in total. The molecular weight excluding hydrogens is 290 g/mol. The molecule has 1 aromatic carbocycles. The first-order valence-electron chi connectivity index (χ1n) is 5.60. The van der Waals surface area contributed by atoms with Gasteiger partial charge in [0.15, 0.2) is 0 Å². The Morgan fingerprint density at radius 2 is 2.00 bits per heavy atom.